The van der Waals surface area contributed by atoms with Gasteiger partial charge in [0, 0.05) is 0 Å². The first kappa shape index (κ1) is 10.1. The Labute approximate surface area is 76.8 Å². The van der Waals surface area contributed by atoms with Crippen LogP contribution < -0.4 is 4.98 Å². The van der Waals surface area contributed by atoms with Gasteiger partial charge in [0.2, 0.25) is 0 Å². The number of hydrogen-bond acceptors (Lipinski definition) is 0. The molecule has 0 aliphatic rings. The Morgan fingerprint density at radius 3 is 2.00 bits per heavy atom. The summed E-state index contributed by atoms with van der Waals surface area (Å²) in [7, 11) is 0. The minimum absolute atomic E-state index is 0. The van der Waals surface area contributed by atoms with E-state index in [0.717, 1.165) is 0 Å². The Balaban J connectivity index is 0.000000167. The summed E-state index contributed by atoms with van der Waals surface area (Å²) in [4.78, 5) is 6.46. The zero-order chi connectivity index (χ0) is 7.07. The summed E-state index contributed by atoms with van der Waals surface area (Å²) < 4.78 is 0. The fourth-order valence-electron chi connectivity index (χ4n) is 0.489. The van der Waals surface area contributed by atoms with Crippen LogP contribution in [0.5, 0.6) is 0 Å². The molecule has 0 aliphatic carbocycles. The van der Waals surface area contributed by atoms with Crippen LogP contribution in [0, 0.1) is 6.20 Å². The fraction of sp³-hybridized carbons (Fsp3) is 0. The van der Waals surface area contributed by atoms with Crippen molar-refractivity contribution in [1.82, 2.24) is 9.97 Å². The van der Waals surface area contributed by atoms with Crippen molar-refractivity contribution in [2.45, 2.75) is 0 Å². The second kappa shape index (κ2) is 7.20. The Kier molecular flexibility index (Phi) is 6.61. The van der Waals surface area contributed by atoms with Crippen molar-refractivity contribution in [1.29, 1.82) is 0 Å². The topological polar surface area (TPSA) is 29.9 Å². The first-order chi connectivity index (χ1) is 5.00. The number of aromatic amines is 1. The van der Waals surface area contributed by atoms with E-state index in [1.165, 1.54) is 0 Å². The third kappa shape index (κ3) is 5.53. The van der Waals surface area contributed by atoms with Crippen molar-refractivity contribution in [2.24, 2.45) is 0 Å². The molecule has 2 aromatic heterocycles. The van der Waals surface area contributed by atoms with Crippen molar-refractivity contribution in [2.75, 3.05) is 0 Å². The molecule has 2 heterocycles. The van der Waals surface area contributed by atoms with Gasteiger partial charge >= 0.3 is 17.4 Å². The average Bonchev–Trinajstić information content (AvgIpc) is 2.67. The minimum atomic E-state index is 0. The normalized spacial score (nSPS) is 7.27. The summed E-state index contributed by atoms with van der Waals surface area (Å²) in [5, 5.41) is 0. The summed E-state index contributed by atoms with van der Waals surface area (Å²) in [5.74, 6) is 0. The molecule has 0 saturated heterocycles. The van der Waals surface area contributed by atoms with Crippen molar-refractivity contribution >= 4 is 0 Å². The predicted octanol–water partition coefficient (Wildman–Crippen LogP) is 1.46. The van der Waals surface area contributed by atoms with Crippen molar-refractivity contribution < 1.29 is 17.4 Å². The van der Waals surface area contributed by atoms with E-state index in [1.54, 1.807) is 12.4 Å². The Morgan fingerprint density at radius 2 is 1.82 bits per heavy atom. The van der Waals surface area contributed by atoms with E-state index in [2.05, 4.69) is 16.2 Å². The molecule has 56 valence electrons. The van der Waals surface area contributed by atoms with Crippen LogP contribution in [0.2, 0.25) is 0 Å². The minimum Gasteiger partial charge on any atom is -0.670 e. The van der Waals surface area contributed by atoms with Crippen LogP contribution in [0.3, 0.4) is 0 Å². The molecule has 2 rings (SSSR count). The average molecular weight is 184 g/mol. The van der Waals surface area contributed by atoms with E-state index < -0.39 is 0 Å². The van der Waals surface area contributed by atoms with E-state index in [-0.39, 0.29) is 17.4 Å². The molecule has 0 fully saturated rings. The third-order valence-corrected chi connectivity index (χ3v) is 0.898. The first-order valence-electron chi connectivity index (χ1n) is 3.01. The van der Waals surface area contributed by atoms with Crippen LogP contribution in [0.15, 0.2) is 42.9 Å². The second-order valence-electron chi connectivity index (χ2n) is 1.65. The van der Waals surface area contributed by atoms with E-state index in [9.17, 15) is 0 Å². The predicted molar refractivity (Wildman–Crippen MR) is 39.4 cm³/mol. The molecule has 0 spiro atoms. The number of aromatic nitrogens is 2. The molecule has 0 aliphatic heterocycles. The van der Waals surface area contributed by atoms with Crippen molar-refractivity contribution in [3.63, 3.8) is 0 Å². The Bertz CT molecular complexity index is 151. The van der Waals surface area contributed by atoms with Gasteiger partial charge in [-0.1, -0.05) is 12.1 Å². The van der Waals surface area contributed by atoms with E-state index in [1.807, 2.05) is 30.5 Å². The summed E-state index contributed by atoms with van der Waals surface area (Å²) >= 11 is 0. The van der Waals surface area contributed by atoms with Gasteiger partial charge in [0.05, 0.1) is 0 Å². The number of hydrogen-bond donors (Lipinski definition) is 1. The maximum Gasteiger partial charge on any atom is 2.00 e. The summed E-state index contributed by atoms with van der Waals surface area (Å²) in [6, 6.07) is 7.49. The van der Waals surface area contributed by atoms with Gasteiger partial charge in [0.1, 0.15) is 0 Å². The molecular weight excluding hydrogens is 176 g/mol. The number of rotatable bonds is 0. The number of H-pyrrole nitrogens is 1. The molecule has 3 heteroatoms. The maximum absolute atomic E-state index is 3.72. The zero-order valence-corrected chi connectivity index (χ0v) is 7.17. The standard InChI is InChI=1S/2C4H4N.Cr/c2*1-2-4-5-3-1;/h1-3,5H;1-4H;/q2*-1;+2. The molecule has 11 heavy (non-hydrogen) atoms. The second-order valence-corrected chi connectivity index (χ2v) is 1.65. The van der Waals surface area contributed by atoms with Gasteiger partial charge in [-0.05, 0) is 0 Å². The van der Waals surface area contributed by atoms with Gasteiger partial charge in [-0.15, -0.1) is 6.20 Å². The Hall–Kier alpha value is -0.908. The molecule has 0 aromatic carbocycles. The van der Waals surface area contributed by atoms with Crippen molar-refractivity contribution in [3.05, 3.63) is 49.1 Å². The van der Waals surface area contributed by atoms with E-state index >= 15 is 0 Å². The van der Waals surface area contributed by atoms with E-state index in [4.69, 9.17) is 0 Å². The largest absolute Gasteiger partial charge is 2.00 e. The molecule has 0 radical (unpaired) electrons. The molecule has 0 unspecified atom stereocenters. The zero-order valence-electron chi connectivity index (χ0n) is 5.90. The maximum atomic E-state index is 3.72. The summed E-state index contributed by atoms with van der Waals surface area (Å²) in [6.45, 7) is 0. The van der Waals surface area contributed by atoms with Crippen LogP contribution in [0.1, 0.15) is 0 Å². The number of nitrogens with one attached hydrogen (secondary N) is 1. The van der Waals surface area contributed by atoms with Gasteiger partial charge in [-0.2, -0.15) is 30.7 Å². The molecule has 2 nitrogen and oxygen atoms in total. The van der Waals surface area contributed by atoms with Gasteiger partial charge in [0.15, 0.2) is 0 Å². The molecule has 0 amide bonds. The van der Waals surface area contributed by atoms with Crippen LogP contribution >= 0.6 is 0 Å². The molecule has 1 N–H and O–H groups in total. The number of nitrogens with zero attached hydrogens (tertiary/aromatic N) is 1. The monoisotopic (exact) mass is 184 g/mol. The van der Waals surface area contributed by atoms with Crippen molar-refractivity contribution in [3.8, 4) is 0 Å². The smallest absolute Gasteiger partial charge is 0.670 e. The third-order valence-electron chi connectivity index (χ3n) is 0.898. The van der Waals surface area contributed by atoms with Crippen LogP contribution in [0.25, 0.3) is 0 Å². The van der Waals surface area contributed by atoms with Gasteiger partial charge in [0.25, 0.3) is 0 Å². The molecule has 0 saturated carbocycles. The van der Waals surface area contributed by atoms with E-state index in [0.29, 0.717) is 0 Å². The Morgan fingerprint density at radius 1 is 1.09 bits per heavy atom. The SMILES string of the molecule is [Cr+2].[c-]1ccc[nH]1.c1cc[n-]c1. The molecule has 0 atom stereocenters. The van der Waals surface area contributed by atoms with Gasteiger partial charge in [-0.3, -0.25) is 0 Å². The molecule has 2 aromatic rings. The van der Waals surface area contributed by atoms with Crippen LogP contribution in [0.4, 0.5) is 0 Å². The summed E-state index contributed by atoms with van der Waals surface area (Å²) in [5.41, 5.74) is 0. The first-order valence-corrected chi connectivity index (χ1v) is 3.01. The van der Waals surface area contributed by atoms with Gasteiger partial charge in [-0.25, -0.2) is 0 Å². The van der Waals surface area contributed by atoms with Gasteiger partial charge < -0.3 is 9.97 Å². The van der Waals surface area contributed by atoms with Crippen LogP contribution in [-0.4, -0.2) is 4.98 Å². The van der Waals surface area contributed by atoms with Crippen LogP contribution in [-0.2, 0) is 17.4 Å². The summed E-state index contributed by atoms with van der Waals surface area (Å²) in [6.07, 6.45) is 8.06. The molecular formula is C8H8CrN2. The molecule has 0 bridgehead atoms. The quantitative estimate of drug-likeness (QED) is 0.617. The fourth-order valence-corrected chi connectivity index (χ4v) is 0.489.